The van der Waals surface area contributed by atoms with Gasteiger partial charge in [-0.25, -0.2) is 0 Å². The fourth-order valence-corrected chi connectivity index (χ4v) is 4.57. The molecule has 20 heavy (non-hydrogen) atoms. The topological polar surface area (TPSA) is 47.4 Å². The summed E-state index contributed by atoms with van der Waals surface area (Å²) in [5.74, 6) is 1.89. The first kappa shape index (κ1) is 13.9. The van der Waals surface area contributed by atoms with Crippen molar-refractivity contribution in [3.05, 3.63) is 35.3 Å². The first-order valence-corrected chi connectivity index (χ1v) is 8.84. The van der Waals surface area contributed by atoms with Crippen molar-refractivity contribution in [3.8, 4) is 5.75 Å². The highest BCUT2D eigenvalue weighted by Crippen LogP contribution is 2.31. The van der Waals surface area contributed by atoms with Gasteiger partial charge in [0.15, 0.2) is 4.34 Å². The van der Waals surface area contributed by atoms with Gasteiger partial charge in [0.25, 0.3) is 0 Å². The normalized spacial score (nSPS) is 18.1. The fraction of sp³-hybridized carbons (Fsp3) is 0.308. The number of hydrogen-bond acceptors (Lipinski definition) is 7. The third kappa shape index (κ3) is 3.34. The van der Waals surface area contributed by atoms with Gasteiger partial charge >= 0.3 is 0 Å². The fourth-order valence-electron chi connectivity index (χ4n) is 1.79. The Hall–Kier alpha value is -1.05. The lowest BCUT2D eigenvalue weighted by Gasteiger charge is -2.06. The smallest absolute Gasteiger partial charge is 0.174 e. The molecule has 0 aliphatic carbocycles. The van der Waals surface area contributed by atoms with Crippen LogP contribution in [0.1, 0.15) is 5.56 Å². The van der Waals surface area contributed by atoms with E-state index in [-0.39, 0.29) is 0 Å². The van der Waals surface area contributed by atoms with Crippen molar-refractivity contribution in [2.24, 2.45) is 4.99 Å². The van der Waals surface area contributed by atoms with Crippen molar-refractivity contribution in [1.82, 2.24) is 10.2 Å². The molecule has 104 valence electrons. The van der Waals surface area contributed by atoms with Crippen LogP contribution < -0.4 is 4.74 Å². The summed E-state index contributed by atoms with van der Waals surface area (Å²) in [6.45, 7) is 0.873. The van der Waals surface area contributed by atoms with Crippen LogP contribution in [0, 0.1) is 0 Å². The summed E-state index contributed by atoms with van der Waals surface area (Å²) in [4.78, 5) is 4.64. The summed E-state index contributed by atoms with van der Waals surface area (Å²) >= 11 is 5.19. The molecule has 0 N–H and O–H groups in total. The molecule has 0 unspecified atom stereocenters. The molecule has 1 atom stereocenters. The minimum atomic E-state index is 0.515. The monoisotopic (exact) mass is 323 g/mol. The Morgan fingerprint density at radius 3 is 2.90 bits per heavy atom. The molecule has 0 fully saturated rings. The maximum atomic E-state index is 5.17. The number of aliphatic imine (C=N–C) groups is 1. The molecule has 1 aromatic carbocycles. The lowest BCUT2D eigenvalue weighted by Crippen LogP contribution is -2.06. The highest BCUT2D eigenvalue weighted by atomic mass is 32.2. The molecule has 0 bridgehead atoms. The Bertz CT molecular complexity index is 583. The van der Waals surface area contributed by atoms with Crippen LogP contribution in [0.3, 0.4) is 0 Å². The molecule has 3 rings (SSSR count). The van der Waals surface area contributed by atoms with Gasteiger partial charge in [0.1, 0.15) is 11.3 Å². The van der Waals surface area contributed by atoms with Crippen molar-refractivity contribution >= 4 is 39.9 Å². The van der Waals surface area contributed by atoms with E-state index in [1.54, 1.807) is 35.7 Å². The van der Waals surface area contributed by atoms with Gasteiger partial charge in [-0.15, -0.1) is 22.0 Å². The van der Waals surface area contributed by atoms with Crippen LogP contribution in [-0.4, -0.2) is 39.9 Å². The van der Waals surface area contributed by atoms with E-state index >= 15 is 0 Å². The number of benzene rings is 1. The molecule has 4 nitrogen and oxygen atoms in total. The average molecular weight is 323 g/mol. The first-order valence-electron chi connectivity index (χ1n) is 6.09. The Kier molecular flexibility index (Phi) is 4.59. The highest BCUT2D eigenvalue weighted by molar-refractivity contribution is 8.16. The van der Waals surface area contributed by atoms with E-state index < -0.39 is 0 Å². The first-order chi connectivity index (χ1) is 9.85. The molecular weight excluding hydrogens is 310 g/mol. The molecular formula is C13H13N3OS3. The largest absolute Gasteiger partial charge is 0.497 e. The minimum absolute atomic E-state index is 0.515. The summed E-state index contributed by atoms with van der Waals surface area (Å²) < 4.78 is 6.20. The summed E-state index contributed by atoms with van der Waals surface area (Å²) in [7, 11) is 1.68. The van der Waals surface area contributed by atoms with E-state index in [1.165, 1.54) is 5.56 Å². The molecule has 0 saturated heterocycles. The van der Waals surface area contributed by atoms with Crippen molar-refractivity contribution in [2.45, 2.75) is 9.59 Å². The van der Waals surface area contributed by atoms with Crippen molar-refractivity contribution < 1.29 is 4.74 Å². The SMILES string of the molecule is COc1ccc(C2=NC[C@H](CSc3nncs3)S2)cc1. The molecule has 0 spiro atoms. The van der Waals surface area contributed by atoms with Crippen LogP contribution in [0.15, 0.2) is 39.1 Å². The van der Waals surface area contributed by atoms with Gasteiger partial charge in [0.05, 0.1) is 18.7 Å². The Morgan fingerprint density at radius 2 is 2.20 bits per heavy atom. The molecule has 1 aliphatic rings. The van der Waals surface area contributed by atoms with Crippen molar-refractivity contribution in [1.29, 1.82) is 0 Å². The number of rotatable bonds is 5. The van der Waals surface area contributed by atoms with E-state index in [9.17, 15) is 0 Å². The molecule has 2 heterocycles. The quantitative estimate of drug-likeness (QED) is 0.791. The minimum Gasteiger partial charge on any atom is -0.497 e. The van der Waals surface area contributed by atoms with Crippen molar-refractivity contribution in [3.63, 3.8) is 0 Å². The number of aromatic nitrogens is 2. The van der Waals surface area contributed by atoms with Gasteiger partial charge in [0, 0.05) is 16.6 Å². The lowest BCUT2D eigenvalue weighted by atomic mass is 10.2. The second-order valence-electron chi connectivity index (χ2n) is 4.13. The maximum absolute atomic E-state index is 5.17. The Labute approximate surface area is 130 Å². The van der Waals surface area contributed by atoms with Crippen LogP contribution in [-0.2, 0) is 0 Å². The van der Waals surface area contributed by atoms with Crippen LogP contribution in [0.2, 0.25) is 0 Å². The Morgan fingerprint density at radius 1 is 1.35 bits per heavy atom. The van der Waals surface area contributed by atoms with Crippen molar-refractivity contribution in [2.75, 3.05) is 19.4 Å². The van der Waals surface area contributed by atoms with E-state index in [2.05, 4.69) is 27.3 Å². The molecule has 0 radical (unpaired) electrons. The molecule has 1 aliphatic heterocycles. The summed E-state index contributed by atoms with van der Waals surface area (Å²) in [5.41, 5.74) is 2.93. The van der Waals surface area contributed by atoms with E-state index in [4.69, 9.17) is 4.74 Å². The second kappa shape index (κ2) is 6.60. The van der Waals surface area contributed by atoms with E-state index in [0.717, 1.165) is 27.4 Å². The van der Waals surface area contributed by atoms with Crippen LogP contribution in [0.5, 0.6) is 5.75 Å². The number of methoxy groups -OCH3 is 1. The zero-order chi connectivity index (χ0) is 13.8. The molecule has 7 heteroatoms. The van der Waals surface area contributed by atoms with Gasteiger partial charge in [0.2, 0.25) is 0 Å². The van der Waals surface area contributed by atoms with E-state index in [1.807, 2.05) is 23.9 Å². The van der Waals surface area contributed by atoms with Crippen LogP contribution >= 0.6 is 34.9 Å². The number of hydrogen-bond donors (Lipinski definition) is 0. The third-order valence-electron chi connectivity index (χ3n) is 2.79. The van der Waals surface area contributed by atoms with Gasteiger partial charge in [-0.05, 0) is 24.3 Å². The number of thioether (sulfide) groups is 2. The summed E-state index contributed by atoms with van der Waals surface area (Å²) in [6.07, 6.45) is 0. The third-order valence-corrected chi connectivity index (χ3v) is 6.26. The van der Waals surface area contributed by atoms with Gasteiger partial charge in [-0.1, -0.05) is 23.1 Å². The average Bonchev–Trinajstić information content (AvgIpc) is 3.17. The second-order valence-corrected chi connectivity index (χ2v) is 7.52. The molecule has 2 aromatic rings. The molecule has 1 aromatic heterocycles. The van der Waals surface area contributed by atoms with Gasteiger partial charge in [-0.3, -0.25) is 4.99 Å². The highest BCUT2D eigenvalue weighted by Gasteiger charge is 2.21. The zero-order valence-electron chi connectivity index (χ0n) is 10.9. The van der Waals surface area contributed by atoms with E-state index in [0.29, 0.717) is 5.25 Å². The lowest BCUT2D eigenvalue weighted by molar-refractivity contribution is 0.415. The zero-order valence-corrected chi connectivity index (χ0v) is 13.3. The predicted octanol–water partition coefficient (Wildman–Crippen LogP) is 3.20. The Balaban J connectivity index is 1.55. The molecule has 0 amide bonds. The summed E-state index contributed by atoms with van der Waals surface area (Å²) in [5, 5.41) is 9.53. The van der Waals surface area contributed by atoms with Gasteiger partial charge in [-0.2, -0.15) is 0 Å². The standard InChI is InChI=1S/C13H13N3OS3/c1-17-10-4-2-9(3-5-10)12-14-6-11(20-12)7-18-13-16-15-8-19-13/h2-5,8,11H,6-7H2,1H3/t11-/m1/s1. The van der Waals surface area contributed by atoms with Crippen LogP contribution in [0.25, 0.3) is 0 Å². The van der Waals surface area contributed by atoms with Gasteiger partial charge < -0.3 is 4.74 Å². The summed E-state index contributed by atoms with van der Waals surface area (Å²) in [6, 6.07) is 8.07. The molecule has 0 saturated carbocycles. The number of ether oxygens (including phenoxy) is 1. The number of nitrogens with zero attached hydrogens (tertiary/aromatic N) is 3. The maximum Gasteiger partial charge on any atom is 0.174 e. The van der Waals surface area contributed by atoms with Crippen LogP contribution in [0.4, 0.5) is 0 Å². The predicted molar refractivity (Wildman–Crippen MR) is 86.4 cm³/mol.